The van der Waals surface area contributed by atoms with E-state index in [1.165, 1.54) is 0 Å². The van der Waals surface area contributed by atoms with E-state index < -0.39 is 12.1 Å². The van der Waals surface area contributed by atoms with Gasteiger partial charge < -0.3 is 0 Å². The van der Waals surface area contributed by atoms with Gasteiger partial charge in [0.05, 0.1) is 5.92 Å². The molecule has 0 N–H and O–H groups in total. The summed E-state index contributed by atoms with van der Waals surface area (Å²) in [5.74, 6) is -1.17. The molecule has 0 aromatic carbocycles. The minimum absolute atomic E-state index is 0.0310. The minimum atomic E-state index is -4.06. The molecular formula is C10H15F3O. The van der Waals surface area contributed by atoms with Gasteiger partial charge in [0, 0.05) is 12.3 Å². The molecule has 1 aliphatic rings. The van der Waals surface area contributed by atoms with Crippen LogP contribution in [-0.2, 0) is 4.79 Å². The highest BCUT2D eigenvalue weighted by Gasteiger charge is 2.47. The highest BCUT2D eigenvalue weighted by molar-refractivity contribution is 5.80. The molecule has 0 saturated heterocycles. The zero-order valence-corrected chi connectivity index (χ0v) is 8.40. The highest BCUT2D eigenvalue weighted by Crippen LogP contribution is 2.46. The normalized spacial score (nSPS) is 27.6. The number of rotatable bonds is 3. The van der Waals surface area contributed by atoms with Crippen molar-refractivity contribution >= 4 is 5.78 Å². The summed E-state index contributed by atoms with van der Waals surface area (Å²) in [6.45, 7) is 3.56. The molecule has 0 amide bonds. The molecule has 14 heavy (non-hydrogen) atoms. The van der Waals surface area contributed by atoms with E-state index in [2.05, 4.69) is 0 Å². The van der Waals surface area contributed by atoms with E-state index in [4.69, 9.17) is 0 Å². The first kappa shape index (κ1) is 11.5. The molecule has 0 aromatic heterocycles. The number of hydrogen-bond donors (Lipinski definition) is 0. The predicted octanol–water partition coefficient (Wildman–Crippen LogP) is 3.19. The van der Waals surface area contributed by atoms with Crippen LogP contribution in [0.2, 0.25) is 0 Å². The van der Waals surface area contributed by atoms with Crippen molar-refractivity contribution in [3.8, 4) is 0 Å². The van der Waals surface area contributed by atoms with E-state index in [0.717, 1.165) is 0 Å². The third kappa shape index (κ3) is 2.72. The molecular weight excluding hydrogens is 193 g/mol. The van der Waals surface area contributed by atoms with Crippen LogP contribution in [0, 0.1) is 17.8 Å². The molecule has 0 unspecified atom stereocenters. The monoisotopic (exact) mass is 208 g/mol. The fraction of sp³-hybridized carbons (Fsp3) is 0.900. The standard InChI is InChI=1S/C10H15F3O/c1-6(2)9(14)5-7-3-8(4-7)10(11,12)13/h6-8H,3-5H2,1-2H3. The van der Waals surface area contributed by atoms with Gasteiger partial charge in [0.15, 0.2) is 0 Å². The predicted molar refractivity (Wildman–Crippen MR) is 46.7 cm³/mol. The van der Waals surface area contributed by atoms with Crippen LogP contribution >= 0.6 is 0 Å². The minimum Gasteiger partial charge on any atom is -0.299 e. The Morgan fingerprint density at radius 2 is 1.86 bits per heavy atom. The molecule has 1 nitrogen and oxygen atoms in total. The van der Waals surface area contributed by atoms with Crippen molar-refractivity contribution in [1.82, 2.24) is 0 Å². The molecule has 0 aliphatic heterocycles. The first-order chi connectivity index (χ1) is 6.30. The molecule has 0 aromatic rings. The second kappa shape index (κ2) is 3.91. The summed E-state index contributed by atoms with van der Waals surface area (Å²) >= 11 is 0. The molecule has 1 saturated carbocycles. The Balaban J connectivity index is 2.26. The molecule has 4 heteroatoms. The maximum absolute atomic E-state index is 12.1. The van der Waals surface area contributed by atoms with Crippen LogP contribution in [0.1, 0.15) is 33.1 Å². The molecule has 0 radical (unpaired) electrons. The molecule has 0 spiro atoms. The van der Waals surface area contributed by atoms with E-state index >= 15 is 0 Å². The highest BCUT2D eigenvalue weighted by atomic mass is 19.4. The van der Waals surface area contributed by atoms with Gasteiger partial charge in [0.25, 0.3) is 0 Å². The van der Waals surface area contributed by atoms with E-state index in [1.54, 1.807) is 13.8 Å². The van der Waals surface area contributed by atoms with Crippen molar-refractivity contribution in [3.63, 3.8) is 0 Å². The number of hydrogen-bond acceptors (Lipinski definition) is 1. The molecule has 1 rings (SSSR count). The number of alkyl halides is 3. The summed E-state index contributed by atoms with van der Waals surface area (Å²) in [6.07, 6.45) is -3.45. The van der Waals surface area contributed by atoms with Gasteiger partial charge in [-0.2, -0.15) is 13.2 Å². The number of carbonyl (C=O) groups is 1. The van der Waals surface area contributed by atoms with Gasteiger partial charge in [0.2, 0.25) is 0 Å². The third-order valence-corrected chi connectivity index (χ3v) is 2.83. The maximum Gasteiger partial charge on any atom is 0.391 e. The Bertz CT molecular complexity index is 214. The maximum atomic E-state index is 12.1. The van der Waals surface area contributed by atoms with Crippen LogP contribution in [0.3, 0.4) is 0 Å². The van der Waals surface area contributed by atoms with Gasteiger partial charge in [-0.25, -0.2) is 0 Å². The Kier molecular flexibility index (Phi) is 3.22. The molecule has 82 valence electrons. The molecule has 1 fully saturated rings. The summed E-state index contributed by atoms with van der Waals surface area (Å²) in [7, 11) is 0. The first-order valence-electron chi connectivity index (χ1n) is 4.90. The Morgan fingerprint density at radius 3 is 2.21 bits per heavy atom. The van der Waals surface area contributed by atoms with E-state index in [1.807, 2.05) is 0 Å². The Hall–Kier alpha value is -0.540. The smallest absolute Gasteiger partial charge is 0.299 e. The SMILES string of the molecule is CC(C)C(=O)CC1CC(C(F)(F)F)C1. The lowest BCUT2D eigenvalue weighted by molar-refractivity contribution is -0.205. The molecule has 1 aliphatic carbocycles. The average Bonchev–Trinajstić information content (AvgIpc) is 1.92. The van der Waals surface area contributed by atoms with Gasteiger partial charge in [-0.1, -0.05) is 13.8 Å². The lowest BCUT2D eigenvalue weighted by Crippen LogP contribution is -2.37. The number of halogens is 3. The quantitative estimate of drug-likeness (QED) is 0.696. The van der Waals surface area contributed by atoms with Crippen LogP contribution in [0.4, 0.5) is 13.2 Å². The summed E-state index contributed by atoms with van der Waals surface area (Å²) < 4.78 is 36.3. The first-order valence-corrected chi connectivity index (χ1v) is 4.90. The van der Waals surface area contributed by atoms with Crippen molar-refractivity contribution in [2.45, 2.75) is 39.3 Å². The van der Waals surface area contributed by atoms with Gasteiger partial charge >= 0.3 is 6.18 Å². The van der Waals surface area contributed by atoms with Crippen LogP contribution in [0.25, 0.3) is 0 Å². The zero-order valence-electron chi connectivity index (χ0n) is 8.40. The molecule has 0 bridgehead atoms. The van der Waals surface area contributed by atoms with Gasteiger partial charge in [-0.05, 0) is 18.8 Å². The van der Waals surface area contributed by atoms with E-state index in [0.29, 0.717) is 6.42 Å². The topological polar surface area (TPSA) is 17.1 Å². The third-order valence-electron chi connectivity index (χ3n) is 2.83. The van der Waals surface area contributed by atoms with Crippen LogP contribution in [-0.4, -0.2) is 12.0 Å². The summed E-state index contributed by atoms with van der Waals surface area (Å²) in [5.41, 5.74) is 0. The lowest BCUT2D eigenvalue weighted by atomic mass is 9.71. The van der Waals surface area contributed by atoms with E-state index in [9.17, 15) is 18.0 Å². The number of ketones is 1. The van der Waals surface area contributed by atoms with Gasteiger partial charge in [-0.15, -0.1) is 0 Å². The zero-order chi connectivity index (χ0) is 10.9. The van der Waals surface area contributed by atoms with Crippen LogP contribution in [0.15, 0.2) is 0 Å². The average molecular weight is 208 g/mol. The summed E-state index contributed by atoms with van der Waals surface area (Å²) in [4.78, 5) is 11.2. The summed E-state index contributed by atoms with van der Waals surface area (Å²) in [6, 6.07) is 0. The van der Waals surface area contributed by atoms with Gasteiger partial charge in [0.1, 0.15) is 5.78 Å². The van der Waals surface area contributed by atoms with Crippen molar-refractivity contribution in [2.24, 2.45) is 17.8 Å². The molecule has 0 heterocycles. The Labute approximate surface area is 81.7 Å². The number of carbonyl (C=O) groups excluding carboxylic acids is 1. The molecule has 0 atom stereocenters. The van der Waals surface area contributed by atoms with E-state index in [-0.39, 0.29) is 30.5 Å². The van der Waals surface area contributed by atoms with Crippen LogP contribution < -0.4 is 0 Å². The lowest BCUT2D eigenvalue weighted by Gasteiger charge is -2.36. The second-order valence-electron chi connectivity index (χ2n) is 4.40. The number of Topliss-reactive ketones (excluding diaryl/α,β-unsaturated/α-hetero) is 1. The van der Waals surface area contributed by atoms with Crippen LogP contribution in [0.5, 0.6) is 0 Å². The second-order valence-corrected chi connectivity index (χ2v) is 4.40. The fourth-order valence-corrected chi connectivity index (χ4v) is 1.69. The largest absolute Gasteiger partial charge is 0.391 e. The fourth-order valence-electron chi connectivity index (χ4n) is 1.69. The Morgan fingerprint density at radius 1 is 1.36 bits per heavy atom. The van der Waals surface area contributed by atoms with Gasteiger partial charge in [-0.3, -0.25) is 4.79 Å². The summed E-state index contributed by atoms with van der Waals surface area (Å²) in [5, 5.41) is 0. The van der Waals surface area contributed by atoms with Crippen molar-refractivity contribution in [3.05, 3.63) is 0 Å². The van der Waals surface area contributed by atoms with Crippen molar-refractivity contribution in [1.29, 1.82) is 0 Å². The van der Waals surface area contributed by atoms with Crippen molar-refractivity contribution < 1.29 is 18.0 Å². The van der Waals surface area contributed by atoms with Crippen molar-refractivity contribution in [2.75, 3.05) is 0 Å².